The van der Waals surface area contributed by atoms with Gasteiger partial charge in [0.05, 0.1) is 23.4 Å². The summed E-state index contributed by atoms with van der Waals surface area (Å²) in [6, 6.07) is 7.92. The normalized spacial score (nSPS) is 10.2. The molecule has 0 fully saturated rings. The van der Waals surface area contributed by atoms with Crippen molar-refractivity contribution in [3.63, 3.8) is 0 Å². The smallest absolute Gasteiger partial charge is 0.340 e. The number of ether oxygens (including phenoxy) is 2. The molecular weight excluding hydrogens is 344 g/mol. The summed E-state index contributed by atoms with van der Waals surface area (Å²) >= 11 is 5.66. The van der Waals surface area contributed by atoms with Crippen LogP contribution in [0.25, 0.3) is 0 Å². The highest BCUT2D eigenvalue weighted by atomic mass is 35.5. The molecule has 0 bridgehead atoms. The average molecular weight is 356 g/mol. The highest BCUT2D eigenvalue weighted by Gasteiger charge is 2.17. The number of methoxy groups -OCH3 is 1. The number of esters is 1. The van der Waals surface area contributed by atoms with E-state index in [4.69, 9.17) is 21.1 Å². The molecule has 126 valence electrons. The van der Waals surface area contributed by atoms with E-state index in [-0.39, 0.29) is 10.6 Å². The lowest BCUT2D eigenvalue weighted by Crippen LogP contribution is -2.21. The van der Waals surface area contributed by atoms with Crippen LogP contribution in [0.2, 0.25) is 5.02 Å². The molecule has 5 nitrogen and oxygen atoms in total. The number of carbonyl (C=O) groups is 2. The summed E-state index contributed by atoms with van der Waals surface area (Å²) in [5.41, 5.74) is 0.0209. The molecule has 0 radical (unpaired) electrons. The Bertz CT molecular complexity index is 783. The number of benzene rings is 2. The number of nitrogens with one attached hydrogen (secondary N) is 1. The van der Waals surface area contributed by atoms with E-state index >= 15 is 0 Å². The first-order valence-electron chi connectivity index (χ1n) is 6.67. The zero-order valence-electron chi connectivity index (χ0n) is 12.4. The van der Waals surface area contributed by atoms with Crippen LogP contribution in [0, 0.1) is 11.6 Å². The highest BCUT2D eigenvalue weighted by Crippen LogP contribution is 2.23. The summed E-state index contributed by atoms with van der Waals surface area (Å²) in [5.74, 6) is -3.68. The molecule has 1 amide bonds. The van der Waals surface area contributed by atoms with E-state index in [0.717, 1.165) is 0 Å². The first kappa shape index (κ1) is 17.7. The van der Waals surface area contributed by atoms with Gasteiger partial charge in [-0.15, -0.1) is 0 Å². The first-order valence-corrected chi connectivity index (χ1v) is 7.04. The van der Waals surface area contributed by atoms with Crippen molar-refractivity contribution in [2.75, 3.05) is 19.0 Å². The SMILES string of the molecule is COc1ccccc1NC(=O)COC(=O)c1cc(F)c(F)cc1Cl. The highest BCUT2D eigenvalue weighted by molar-refractivity contribution is 6.33. The fraction of sp³-hybridized carbons (Fsp3) is 0.125. The van der Waals surface area contributed by atoms with Crippen molar-refractivity contribution in [2.45, 2.75) is 0 Å². The maximum atomic E-state index is 13.2. The molecule has 24 heavy (non-hydrogen) atoms. The molecule has 0 unspecified atom stereocenters. The molecule has 0 aliphatic heterocycles. The van der Waals surface area contributed by atoms with E-state index < -0.39 is 30.1 Å². The number of hydrogen-bond donors (Lipinski definition) is 1. The largest absolute Gasteiger partial charge is 0.495 e. The van der Waals surface area contributed by atoms with Crippen LogP contribution in [0.1, 0.15) is 10.4 Å². The minimum atomic E-state index is -1.25. The van der Waals surface area contributed by atoms with Crippen LogP contribution in [0.15, 0.2) is 36.4 Å². The number of halogens is 3. The zero-order valence-corrected chi connectivity index (χ0v) is 13.2. The number of carbonyl (C=O) groups excluding carboxylic acids is 2. The second-order valence-corrected chi connectivity index (χ2v) is 4.98. The molecule has 0 aromatic heterocycles. The van der Waals surface area contributed by atoms with Crippen LogP contribution >= 0.6 is 11.6 Å². The summed E-state index contributed by atoms with van der Waals surface area (Å²) < 4.78 is 35.9. The molecule has 0 aliphatic rings. The number of rotatable bonds is 5. The van der Waals surface area contributed by atoms with Crippen molar-refractivity contribution >= 4 is 29.2 Å². The molecule has 0 aliphatic carbocycles. The van der Waals surface area contributed by atoms with E-state index in [9.17, 15) is 18.4 Å². The first-order chi connectivity index (χ1) is 11.4. The van der Waals surface area contributed by atoms with Gasteiger partial charge < -0.3 is 14.8 Å². The van der Waals surface area contributed by atoms with Crippen LogP contribution in [0.4, 0.5) is 14.5 Å². The van der Waals surface area contributed by atoms with Gasteiger partial charge in [0.15, 0.2) is 18.2 Å². The van der Waals surface area contributed by atoms with Gasteiger partial charge in [0.25, 0.3) is 5.91 Å². The predicted molar refractivity (Wildman–Crippen MR) is 83.3 cm³/mol. The molecule has 8 heteroatoms. The quantitative estimate of drug-likeness (QED) is 0.659. The lowest BCUT2D eigenvalue weighted by Gasteiger charge is -2.10. The molecule has 0 heterocycles. The van der Waals surface area contributed by atoms with Crippen LogP contribution < -0.4 is 10.1 Å². The number of hydrogen-bond acceptors (Lipinski definition) is 4. The van der Waals surface area contributed by atoms with Crippen LogP contribution in [0.5, 0.6) is 5.75 Å². The predicted octanol–water partition coefficient (Wildman–Crippen LogP) is 3.42. The van der Waals surface area contributed by atoms with E-state index in [1.54, 1.807) is 24.3 Å². The van der Waals surface area contributed by atoms with Crippen molar-refractivity contribution in [3.05, 3.63) is 58.6 Å². The Balaban J connectivity index is 1.99. The third kappa shape index (κ3) is 4.20. The van der Waals surface area contributed by atoms with Gasteiger partial charge in [-0.2, -0.15) is 0 Å². The second kappa shape index (κ2) is 7.74. The maximum absolute atomic E-state index is 13.2. The monoisotopic (exact) mass is 355 g/mol. The lowest BCUT2D eigenvalue weighted by atomic mass is 10.2. The summed E-state index contributed by atoms with van der Waals surface area (Å²) in [6.45, 7) is -0.633. The van der Waals surface area contributed by atoms with Crippen molar-refractivity contribution < 1.29 is 27.8 Å². The Labute approximate surface area is 141 Å². The molecule has 0 saturated heterocycles. The fourth-order valence-electron chi connectivity index (χ4n) is 1.82. The Morgan fingerprint density at radius 3 is 2.54 bits per heavy atom. The van der Waals surface area contributed by atoms with Crippen molar-refractivity contribution in [1.82, 2.24) is 0 Å². The topological polar surface area (TPSA) is 64.6 Å². The van der Waals surface area contributed by atoms with E-state index in [1.807, 2.05) is 0 Å². The standard InChI is InChI=1S/C16H12ClF2NO4/c1-23-14-5-3-2-4-13(14)20-15(21)8-24-16(22)9-6-11(18)12(19)7-10(9)17/h2-7H,8H2,1H3,(H,20,21). The third-order valence-electron chi connectivity index (χ3n) is 2.95. The number of amides is 1. The number of para-hydroxylation sites is 2. The molecule has 2 aromatic rings. The van der Waals surface area contributed by atoms with Gasteiger partial charge in [-0.05, 0) is 24.3 Å². The molecule has 0 spiro atoms. The molecule has 0 atom stereocenters. The maximum Gasteiger partial charge on any atom is 0.340 e. The van der Waals surface area contributed by atoms with Crippen molar-refractivity contribution in [3.8, 4) is 5.75 Å². The van der Waals surface area contributed by atoms with Gasteiger partial charge in [0, 0.05) is 0 Å². The van der Waals surface area contributed by atoms with Crippen LogP contribution in [-0.4, -0.2) is 25.6 Å². The minimum Gasteiger partial charge on any atom is -0.495 e. The Hall–Kier alpha value is -2.67. The van der Waals surface area contributed by atoms with Gasteiger partial charge in [0.1, 0.15) is 5.75 Å². The van der Waals surface area contributed by atoms with E-state index in [2.05, 4.69) is 5.32 Å². The van der Waals surface area contributed by atoms with Gasteiger partial charge >= 0.3 is 5.97 Å². The Morgan fingerprint density at radius 1 is 1.17 bits per heavy atom. The number of anilines is 1. The molecular formula is C16H12ClF2NO4. The zero-order chi connectivity index (χ0) is 17.7. The summed E-state index contributed by atoms with van der Waals surface area (Å²) in [5, 5.41) is 2.18. The van der Waals surface area contributed by atoms with Gasteiger partial charge in [-0.25, -0.2) is 13.6 Å². The Kier molecular flexibility index (Phi) is 5.70. The third-order valence-corrected chi connectivity index (χ3v) is 3.26. The van der Waals surface area contributed by atoms with Crippen molar-refractivity contribution in [1.29, 1.82) is 0 Å². The van der Waals surface area contributed by atoms with E-state index in [0.29, 0.717) is 23.6 Å². The van der Waals surface area contributed by atoms with Gasteiger partial charge in [-0.1, -0.05) is 23.7 Å². The summed E-state index contributed by atoms with van der Waals surface area (Å²) in [7, 11) is 1.44. The lowest BCUT2D eigenvalue weighted by molar-refractivity contribution is -0.119. The van der Waals surface area contributed by atoms with Crippen LogP contribution in [-0.2, 0) is 9.53 Å². The molecule has 1 N–H and O–H groups in total. The fourth-order valence-corrected chi connectivity index (χ4v) is 2.05. The van der Waals surface area contributed by atoms with Crippen molar-refractivity contribution in [2.24, 2.45) is 0 Å². The summed E-state index contributed by atoms with van der Waals surface area (Å²) in [4.78, 5) is 23.6. The second-order valence-electron chi connectivity index (χ2n) is 4.57. The van der Waals surface area contributed by atoms with Gasteiger partial charge in [0.2, 0.25) is 0 Å². The molecule has 0 saturated carbocycles. The van der Waals surface area contributed by atoms with E-state index in [1.165, 1.54) is 7.11 Å². The Morgan fingerprint density at radius 2 is 1.83 bits per heavy atom. The minimum absolute atomic E-state index is 0.316. The van der Waals surface area contributed by atoms with Crippen LogP contribution in [0.3, 0.4) is 0 Å². The average Bonchev–Trinajstić information content (AvgIpc) is 2.56. The summed E-state index contributed by atoms with van der Waals surface area (Å²) in [6.07, 6.45) is 0. The van der Waals surface area contributed by atoms with Gasteiger partial charge in [-0.3, -0.25) is 4.79 Å². The molecule has 2 aromatic carbocycles. The molecule has 2 rings (SSSR count).